The minimum atomic E-state index is -0.457. The average Bonchev–Trinajstić information content (AvgIpc) is 2.72. The zero-order valence-electron chi connectivity index (χ0n) is 12.2. The van der Waals surface area contributed by atoms with Crippen molar-refractivity contribution in [2.24, 2.45) is 7.05 Å². The molecule has 2 aromatic rings. The summed E-state index contributed by atoms with van der Waals surface area (Å²) in [6.45, 7) is 11.2. The Balaban J connectivity index is 2.73. The number of benzene rings is 1. The van der Waals surface area contributed by atoms with E-state index in [1.165, 1.54) is 12.1 Å². The number of hydrogen-bond donors (Lipinski definition) is 1. The minimum Gasteiger partial charge on any atom is -0.508 e. The number of ether oxygens (including phenoxy) is 1. The van der Waals surface area contributed by atoms with Crippen LogP contribution in [0.3, 0.4) is 0 Å². The van der Waals surface area contributed by atoms with Gasteiger partial charge >= 0.3 is 5.97 Å². The van der Waals surface area contributed by atoms with Gasteiger partial charge in [0.2, 0.25) is 5.69 Å². The Labute approximate surface area is 123 Å². The molecule has 0 aliphatic carbocycles. The Morgan fingerprint density at radius 2 is 2.00 bits per heavy atom. The quantitative estimate of drug-likeness (QED) is 0.694. The number of carbonyl (C=O) groups excluding carboxylic acids is 1. The Hall–Kier alpha value is -2.74. The summed E-state index contributed by atoms with van der Waals surface area (Å²) >= 11 is 0. The zero-order valence-corrected chi connectivity index (χ0v) is 12.2. The molecule has 21 heavy (non-hydrogen) atoms. The fourth-order valence-corrected chi connectivity index (χ4v) is 2.26. The number of aromatic hydroxyl groups is 1. The molecule has 0 bridgehead atoms. The molecule has 5 heteroatoms. The summed E-state index contributed by atoms with van der Waals surface area (Å²) in [7, 11) is 1.74. The van der Waals surface area contributed by atoms with Crippen LogP contribution in [0, 0.1) is 13.5 Å². The molecule has 108 valence electrons. The zero-order chi connectivity index (χ0) is 15.6. The van der Waals surface area contributed by atoms with Gasteiger partial charge in [-0.3, -0.25) is 0 Å². The van der Waals surface area contributed by atoms with E-state index in [2.05, 4.69) is 4.85 Å². The molecule has 2 rings (SSSR count). The molecule has 0 fully saturated rings. The van der Waals surface area contributed by atoms with Crippen molar-refractivity contribution >= 4 is 11.7 Å². The first kappa shape index (κ1) is 14.7. The number of phenolic OH excluding ortho intramolecular Hbond substituents is 1. The van der Waals surface area contributed by atoms with Gasteiger partial charge in [-0.1, -0.05) is 12.1 Å². The van der Waals surface area contributed by atoms with E-state index >= 15 is 0 Å². The van der Waals surface area contributed by atoms with Crippen molar-refractivity contribution in [1.29, 1.82) is 0 Å². The molecule has 1 N–H and O–H groups in total. The lowest BCUT2D eigenvalue weighted by Gasteiger charge is -2.08. The first-order valence-corrected chi connectivity index (χ1v) is 6.54. The fourth-order valence-electron chi connectivity index (χ4n) is 2.26. The maximum atomic E-state index is 12.2. The fraction of sp³-hybridized carbons (Fsp3) is 0.250. The van der Waals surface area contributed by atoms with Crippen LogP contribution in [-0.4, -0.2) is 22.2 Å². The van der Waals surface area contributed by atoms with Crippen molar-refractivity contribution < 1.29 is 14.6 Å². The van der Waals surface area contributed by atoms with E-state index in [9.17, 15) is 9.90 Å². The lowest BCUT2D eigenvalue weighted by Crippen LogP contribution is -2.11. The van der Waals surface area contributed by atoms with Crippen molar-refractivity contribution in [3.63, 3.8) is 0 Å². The molecule has 0 unspecified atom stereocenters. The standard InChI is InChI=1S/C16H16N2O3/c1-5-21-16(20)15-13(11-6-8-12(19)9-7-11)14(17-3)10(2)18(15)4/h6-9,19H,5H2,1-2,4H3. The van der Waals surface area contributed by atoms with Gasteiger partial charge in [0.05, 0.1) is 13.2 Å². The monoisotopic (exact) mass is 284 g/mol. The maximum absolute atomic E-state index is 12.2. The van der Waals surface area contributed by atoms with E-state index in [-0.39, 0.29) is 12.4 Å². The van der Waals surface area contributed by atoms with Crippen LogP contribution in [0.4, 0.5) is 5.69 Å². The summed E-state index contributed by atoms with van der Waals surface area (Å²) < 4.78 is 6.77. The molecule has 0 saturated carbocycles. The van der Waals surface area contributed by atoms with E-state index in [0.717, 1.165) is 0 Å². The molecule has 1 aromatic carbocycles. The largest absolute Gasteiger partial charge is 0.508 e. The molecule has 1 aromatic heterocycles. The van der Waals surface area contributed by atoms with Crippen LogP contribution in [0.5, 0.6) is 5.75 Å². The third kappa shape index (κ3) is 2.48. The van der Waals surface area contributed by atoms with Gasteiger partial charge in [0, 0.05) is 18.3 Å². The van der Waals surface area contributed by atoms with Crippen LogP contribution in [0.1, 0.15) is 23.1 Å². The Morgan fingerprint density at radius 1 is 1.38 bits per heavy atom. The van der Waals surface area contributed by atoms with Gasteiger partial charge in [-0.05, 0) is 31.5 Å². The summed E-state index contributed by atoms with van der Waals surface area (Å²) in [5, 5.41) is 9.40. The lowest BCUT2D eigenvalue weighted by atomic mass is 10.0. The predicted octanol–water partition coefficient (Wildman–Crippen LogP) is 3.43. The number of aromatic nitrogens is 1. The summed E-state index contributed by atoms with van der Waals surface area (Å²) in [6.07, 6.45) is 0. The number of hydrogen-bond acceptors (Lipinski definition) is 3. The van der Waals surface area contributed by atoms with Gasteiger partial charge in [0.25, 0.3) is 0 Å². The average molecular weight is 284 g/mol. The molecular weight excluding hydrogens is 268 g/mol. The van der Waals surface area contributed by atoms with E-state index in [1.807, 2.05) is 0 Å². The Kier molecular flexibility index (Phi) is 3.99. The third-order valence-electron chi connectivity index (χ3n) is 3.39. The maximum Gasteiger partial charge on any atom is 0.354 e. The normalized spacial score (nSPS) is 10.2. The van der Waals surface area contributed by atoms with E-state index in [1.54, 1.807) is 37.6 Å². The van der Waals surface area contributed by atoms with Crippen molar-refractivity contribution in [2.75, 3.05) is 6.61 Å². The van der Waals surface area contributed by atoms with Crippen LogP contribution in [-0.2, 0) is 11.8 Å². The van der Waals surface area contributed by atoms with Gasteiger partial charge in [-0.2, -0.15) is 0 Å². The lowest BCUT2D eigenvalue weighted by molar-refractivity contribution is 0.0516. The number of carbonyl (C=O) groups is 1. The van der Waals surface area contributed by atoms with Crippen LogP contribution < -0.4 is 0 Å². The third-order valence-corrected chi connectivity index (χ3v) is 3.39. The summed E-state index contributed by atoms with van der Waals surface area (Å²) in [5.41, 5.74) is 2.72. The predicted molar refractivity (Wildman–Crippen MR) is 79.5 cm³/mol. The highest BCUT2D eigenvalue weighted by Crippen LogP contribution is 2.39. The van der Waals surface area contributed by atoms with Crippen LogP contribution in [0.25, 0.3) is 16.0 Å². The molecule has 0 aliphatic rings. The SMILES string of the molecule is [C-]#[N+]c1c(-c2ccc(O)cc2)c(C(=O)OCC)n(C)c1C. The van der Waals surface area contributed by atoms with Gasteiger partial charge < -0.3 is 14.4 Å². The number of rotatable bonds is 3. The second-order valence-electron chi connectivity index (χ2n) is 4.60. The van der Waals surface area contributed by atoms with Gasteiger partial charge in [0.15, 0.2) is 0 Å². The summed E-state index contributed by atoms with van der Waals surface area (Å²) in [5.74, 6) is -0.325. The minimum absolute atomic E-state index is 0.133. The van der Waals surface area contributed by atoms with Crippen LogP contribution in [0.15, 0.2) is 24.3 Å². The second kappa shape index (κ2) is 5.71. The van der Waals surface area contributed by atoms with Crippen molar-refractivity contribution in [2.45, 2.75) is 13.8 Å². The molecule has 0 amide bonds. The molecule has 0 spiro atoms. The highest BCUT2D eigenvalue weighted by molar-refractivity contribution is 6.01. The smallest absolute Gasteiger partial charge is 0.354 e. The molecule has 1 heterocycles. The Morgan fingerprint density at radius 3 is 2.52 bits per heavy atom. The van der Waals surface area contributed by atoms with Crippen LogP contribution >= 0.6 is 0 Å². The van der Waals surface area contributed by atoms with Gasteiger partial charge in [-0.25, -0.2) is 9.64 Å². The first-order chi connectivity index (χ1) is 10.0. The highest BCUT2D eigenvalue weighted by Gasteiger charge is 2.25. The van der Waals surface area contributed by atoms with Crippen molar-refractivity contribution in [3.8, 4) is 16.9 Å². The summed E-state index contributed by atoms with van der Waals surface area (Å²) in [6, 6.07) is 6.42. The molecule has 0 saturated heterocycles. The van der Waals surface area contributed by atoms with Crippen molar-refractivity contribution in [1.82, 2.24) is 4.57 Å². The molecule has 5 nitrogen and oxygen atoms in total. The molecular formula is C16H16N2O3. The molecule has 0 aliphatic heterocycles. The highest BCUT2D eigenvalue weighted by atomic mass is 16.5. The Bertz CT molecular complexity index is 721. The van der Waals surface area contributed by atoms with Gasteiger partial charge in [-0.15, -0.1) is 0 Å². The molecule has 0 atom stereocenters. The second-order valence-corrected chi connectivity index (χ2v) is 4.60. The topological polar surface area (TPSA) is 55.8 Å². The van der Waals surface area contributed by atoms with E-state index in [4.69, 9.17) is 11.3 Å². The van der Waals surface area contributed by atoms with E-state index < -0.39 is 5.97 Å². The van der Waals surface area contributed by atoms with Crippen LogP contribution in [0.2, 0.25) is 0 Å². The number of phenols is 1. The first-order valence-electron chi connectivity index (χ1n) is 6.54. The van der Waals surface area contributed by atoms with Crippen molar-refractivity contribution in [3.05, 3.63) is 47.1 Å². The number of nitrogens with zero attached hydrogens (tertiary/aromatic N) is 2. The van der Waals surface area contributed by atoms with Gasteiger partial charge in [0.1, 0.15) is 11.4 Å². The molecule has 0 radical (unpaired) electrons. The number of esters is 1. The summed E-state index contributed by atoms with van der Waals surface area (Å²) in [4.78, 5) is 15.8. The van der Waals surface area contributed by atoms with E-state index in [0.29, 0.717) is 28.2 Å².